The van der Waals surface area contributed by atoms with E-state index in [2.05, 4.69) is 0 Å². The minimum Gasteiger partial charge on any atom is -0.490 e. The third-order valence-electron chi connectivity index (χ3n) is 2.51. The molecule has 3 nitrogen and oxygen atoms in total. The molecule has 2 N–H and O–H groups in total. The first-order valence-corrected chi connectivity index (χ1v) is 6.37. The van der Waals surface area contributed by atoms with Crippen molar-refractivity contribution in [3.63, 3.8) is 0 Å². The van der Waals surface area contributed by atoms with Crippen molar-refractivity contribution >= 4 is 17.2 Å². The number of benzene rings is 2. The third-order valence-corrected chi connectivity index (χ3v) is 2.73. The maximum Gasteiger partial charge on any atom is 0.129 e. The zero-order valence-corrected chi connectivity index (χ0v) is 11.2. The van der Waals surface area contributed by atoms with Crippen molar-refractivity contribution in [3.05, 3.63) is 60.2 Å². The van der Waals surface area contributed by atoms with E-state index < -0.39 is 0 Å². The van der Waals surface area contributed by atoms with Gasteiger partial charge in [-0.2, -0.15) is 0 Å². The van der Waals surface area contributed by atoms with E-state index in [-0.39, 0.29) is 0 Å². The van der Waals surface area contributed by atoms with Crippen molar-refractivity contribution in [2.45, 2.75) is 0 Å². The molecule has 2 aromatic rings. The number of rotatable bonds is 6. The van der Waals surface area contributed by atoms with E-state index in [0.29, 0.717) is 24.0 Å². The highest BCUT2D eigenvalue weighted by atomic mass is 32.1. The van der Waals surface area contributed by atoms with E-state index in [0.717, 1.165) is 11.3 Å². The number of thiocarbonyl (C=S) groups is 1. The molecule has 0 amide bonds. The van der Waals surface area contributed by atoms with Crippen LogP contribution in [0, 0.1) is 0 Å². The summed E-state index contributed by atoms with van der Waals surface area (Å²) in [6.45, 7) is 0.907. The zero-order valence-electron chi connectivity index (χ0n) is 10.4. The lowest BCUT2D eigenvalue weighted by Crippen LogP contribution is -2.14. The molecular formula is C15H15NO2S. The quantitative estimate of drug-likeness (QED) is 0.649. The van der Waals surface area contributed by atoms with Gasteiger partial charge in [0, 0.05) is 0 Å². The molecule has 2 aromatic carbocycles. The summed E-state index contributed by atoms with van der Waals surface area (Å²) in [5.74, 6) is 1.51. The van der Waals surface area contributed by atoms with Gasteiger partial charge in [-0.3, -0.25) is 0 Å². The van der Waals surface area contributed by atoms with Crippen LogP contribution >= 0.6 is 12.2 Å². The summed E-state index contributed by atoms with van der Waals surface area (Å²) >= 11 is 4.97. The Kier molecular flexibility index (Phi) is 4.75. The molecule has 19 heavy (non-hydrogen) atoms. The summed E-state index contributed by atoms with van der Waals surface area (Å²) in [6, 6.07) is 17.1. The topological polar surface area (TPSA) is 44.5 Å². The third kappa shape index (κ3) is 3.96. The van der Waals surface area contributed by atoms with E-state index in [1.54, 1.807) is 0 Å². The van der Waals surface area contributed by atoms with Crippen LogP contribution in [-0.2, 0) is 0 Å². The molecule has 0 saturated heterocycles. The van der Waals surface area contributed by atoms with Crippen molar-refractivity contribution < 1.29 is 9.47 Å². The fourth-order valence-electron chi connectivity index (χ4n) is 1.62. The van der Waals surface area contributed by atoms with Gasteiger partial charge in [-0.15, -0.1) is 0 Å². The highest BCUT2D eigenvalue weighted by Crippen LogP contribution is 2.17. The number of ether oxygens (including phenoxy) is 2. The molecule has 0 atom stereocenters. The second-order valence-electron chi connectivity index (χ2n) is 3.87. The van der Waals surface area contributed by atoms with Crippen LogP contribution in [0.3, 0.4) is 0 Å². The summed E-state index contributed by atoms with van der Waals surface area (Å²) < 4.78 is 11.2. The fourth-order valence-corrected chi connectivity index (χ4v) is 1.79. The van der Waals surface area contributed by atoms with Crippen molar-refractivity contribution in [2.75, 3.05) is 13.2 Å². The molecule has 4 heteroatoms. The van der Waals surface area contributed by atoms with Crippen molar-refractivity contribution in [2.24, 2.45) is 5.73 Å². The molecule has 0 aliphatic carbocycles. The summed E-state index contributed by atoms with van der Waals surface area (Å²) in [5, 5.41) is 0. The Morgan fingerprint density at radius 1 is 0.895 bits per heavy atom. The molecule has 2 rings (SSSR count). The maximum absolute atomic E-state index is 5.63. The first-order chi connectivity index (χ1) is 9.27. The molecule has 0 heterocycles. The predicted molar refractivity (Wildman–Crippen MR) is 79.8 cm³/mol. The second kappa shape index (κ2) is 6.75. The molecule has 0 aromatic heterocycles. The molecule has 0 unspecified atom stereocenters. The Morgan fingerprint density at radius 3 is 2.26 bits per heavy atom. The van der Waals surface area contributed by atoms with Crippen LogP contribution in [0.25, 0.3) is 0 Å². The monoisotopic (exact) mass is 273 g/mol. The average molecular weight is 273 g/mol. The summed E-state index contributed by atoms with van der Waals surface area (Å²) in [7, 11) is 0. The molecule has 0 aliphatic rings. The highest BCUT2D eigenvalue weighted by Gasteiger charge is 2.04. The lowest BCUT2D eigenvalue weighted by molar-refractivity contribution is 0.217. The van der Waals surface area contributed by atoms with Crippen LogP contribution in [0.1, 0.15) is 5.56 Å². The Hall–Kier alpha value is -2.07. The van der Waals surface area contributed by atoms with Gasteiger partial charge in [-0.05, 0) is 24.3 Å². The van der Waals surface area contributed by atoms with Gasteiger partial charge in [0.25, 0.3) is 0 Å². The maximum atomic E-state index is 5.63. The van der Waals surface area contributed by atoms with Crippen LogP contribution in [0.15, 0.2) is 54.6 Å². The second-order valence-corrected chi connectivity index (χ2v) is 4.31. The van der Waals surface area contributed by atoms with Crippen LogP contribution < -0.4 is 15.2 Å². The predicted octanol–water partition coefficient (Wildman–Crippen LogP) is 2.78. The van der Waals surface area contributed by atoms with Crippen molar-refractivity contribution in [1.29, 1.82) is 0 Å². The number of para-hydroxylation sites is 2. The summed E-state index contributed by atoms with van der Waals surface area (Å²) in [6.07, 6.45) is 0. The van der Waals surface area contributed by atoms with Crippen molar-refractivity contribution in [1.82, 2.24) is 0 Å². The Balaban J connectivity index is 1.85. The van der Waals surface area contributed by atoms with E-state index in [4.69, 9.17) is 27.4 Å². The first kappa shape index (κ1) is 13.4. The molecule has 0 fully saturated rings. The molecular weight excluding hydrogens is 258 g/mol. The van der Waals surface area contributed by atoms with Gasteiger partial charge in [0.2, 0.25) is 0 Å². The largest absolute Gasteiger partial charge is 0.490 e. The zero-order chi connectivity index (χ0) is 13.5. The van der Waals surface area contributed by atoms with Gasteiger partial charge >= 0.3 is 0 Å². The minimum atomic E-state index is 0.333. The molecule has 0 aliphatic heterocycles. The lowest BCUT2D eigenvalue weighted by Gasteiger charge is -2.11. The van der Waals surface area contributed by atoms with Crippen molar-refractivity contribution in [3.8, 4) is 11.5 Å². The summed E-state index contributed by atoms with van der Waals surface area (Å²) in [5.41, 5.74) is 6.38. The van der Waals surface area contributed by atoms with E-state index >= 15 is 0 Å². The van der Waals surface area contributed by atoms with Gasteiger partial charge in [0.05, 0.1) is 5.56 Å². The van der Waals surface area contributed by atoms with Crippen LogP contribution in [0.2, 0.25) is 0 Å². The van der Waals surface area contributed by atoms with Crippen LogP contribution in [-0.4, -0.2) is 18.2 Å². The van der Waals surface area contributed by atoms with E-state index in [1.165, 1.54) is 0 Å². The first-order valence-electron chi connectivity index (χ1n) is 5.97. The molecule has 98 valence electrons. The van der Waals surface area contributed by atoms with E-state index in [1.807, 2.05) is 54.6 Å². The number of nitrogens with two attached hydrogens (primary N) is 1. The van der Waals surface area contributed by atoms with Crippen LogP contribution in [0.4, 0.5) is 0 Å². The van der Waals surface area contributed by atoms with Gasteiger partial charge < -0.3 is 15.2 Å². The number of hydrogen-bond donors (Lipinski definition) is 1. The van der Waals surface area contributed by atoms with Gasteiger partial charge in [0.1, 0.15) is 29.7 Å². The van der Waals surface area contributed by atoms with Crippen LogP contribution in [0.5, 0.6) is 11.5 Å². The Labute approximate surface area is 118 Å². The minimum absolute atomic E-state index is 0.333. The van der Waals surface area contributed by atoms with E-state index in [9.17, 15) is 0 Å². The van der Waals surface area contributed by atoms with Gasteiger partial charge in [0.15, 0.2) is 0 Å². The SMILES string of the molecule is NC(=S)c1ccccc1OCCOc1ccccc1. The lowest BCUT2D eigenvalue weighted by atomic mass is 10.2. The summed E-state index contributed by atoms with van der Waals surface area (Å²) in [4.78, 5) is 0.333. The molecule has 0 spiro atoms. The highest BCUT2D eigenvalue weighted by molar-refractivity contribution is 7.80. The fraction of sp³-hybridized carbons (Fsp3) is 0.133. The average Bonchev–Trinajstić information content (AvgIpc) is 2.45. The molecule has 0 saturated carbocycles. The van der Waals surface area contributed by atoms with Gasteiger partial charge in [-0.25, -0.2) is 0 Å². The van der Waals surface area contributed by atoms with Gasteiger partial charge in [-0.1, -0.05) is 42.5 Å². The number of hydrogen-bond acceptors (Lipinski definition) is 3. The Morgan fingerprint density at radius 2 is 1.53 bits per heavy atom. The Bertz CT molecular complexity index is 543. The standard InChI is InChI=1S/C15H15NO2S/c16-15(19)13-8-4-5-9-14(13)18-11-10-17-12-6-2-1-3-7-12/h1-9H,10-11H2,(H2,16,19). The molecule has 0 bridgehead atoms. The molecule has 0 radical (unpaired) electrons. The smallest absolute Gasteiger partial charge is 0.129 e. The normalized spacial score (nSPS) is 9.89.